The Morgan fingerprint density at radius 3 is 3.00 bits per heavy atom. The van der Waals surface area contributed by atoms with E-state index in [0.29, 0.717) is 13.1 Å². The molecular weight excluding hydrogens is 256 g/mol. The van der Waals surface area contributed by atoms with Crippen LogP contribution in [0.3, 0.4) is 0 Å². The highest BCUT2D eigenvalue weighted by molar-refractivity contribution is 6.06. The van der Waals surface area contributed by atoms with Gasteiger partial charge in [-0.2, -0.15) is 0 Å². The van der Waals surface area contributed by atoms with Crippen LogP contribution in [0.4, 0.5) is 5.69 Å². The fourth-order valence-corrected chi connectivity index (χ4v) is 3.60. The van der Waals surface area contributed by atoms with Gasteiger partial charge in [-0.15, -0.1) is 0 Å². The molecule has 6 heteroatoms. The van der Waals surface area contributed by atoms with Crippen molar-refractivity contribution in [1.82, 2.24) is 15.8 Å². The van der Waals surface area contributed by atoms with Crippen LogP contribution in [0.5, 0.6) is 0 Å². The zero-order valence-electron chi connectivity index (χ0n) is 11.0. The van der Waals surface area contributed by atoms with Crippen LogP contribution in [-0.2, 0) is 15.0 Å². The number of carbonyl (C=O) groups is 2. The number of anilines is 1. The molecule has 1 aromatic carbocycles. The fraction of sp³-hybridized carbons (Fsp3) is 0.429. The van der Waals surface area contributed by atoms with Crippen LogP contribution in [0.25, 0.3) is 0 Å². The van der Waals surface area contributed by atoms with Crippen molar-refractivity contribution in [2.24, 2.45) is 0 Å². The number of hydrogen-bond acceptors (Lipinski definition) is 4. The van der Waals surface area contributed by atoms with Crippen LogP contribution in [0.1, 0.15) is 18.4 Å². The topological polar surface area (TPSA) is 73.5 Å². The Bertz CT molecular complexity index is 603. The second-order valence-corrected chi connectivity index (χ2v) is 5.73. The molecule has 2 unspecified atom stereocenters. The van der Waals surface area contributed by atoms with Crippen molar-refractivity contribution in [3.63, 3.8) is 0 Å². The SMILES string of the molecule is O=C1CN2CC3(CCC2NN1)C(=O)Nc1ccccc13. The number of hydrogen-bond donors (Lipinski definition) is 3. The Balaban J connectivity index is 1.71. The molecule has 0 aliphatic carbocycles. The number of nitrogens with zero attached hydrogens (tertiary/aromatic N) is 1. The summed E-state index contributed by atoms with van der Waals surface area (Å²) < 4.78 is 0. The van der Waals surface area contributed by atoms with Crippen LogP contribution in [0.2, 0.25) is 0 Å². The molecule has 3 N–H and O–H groups in total. The number of fused-ring (bicyclic) bond motifs is 3. The van der Waals surface area contributed by atoms with Crippen LogP contribution >= 0.6 is 0 Å². The van der Waals surface area contributed by atoms with Crippen molar-refractivity contribution in [3.8, 4) is 0 Å². The molecular formula is C14H16N4O2. The van der Waals surface area contributed by atoms with E-state index < -0.39 is 5.41 Å². The largest absolute Gasteiger partial charge is 0.325 e. The van der Waals surface area contributed by atoms with Gasteiger partial charge in [-0.1, -0.05) is 18.2 Å². The zero-order valence-corrected chi connectivity index (χ0v) is 11.0. The number of carbonyl (C=O) groups excluding carboxylic acids is 2. The van der Waals surface area contributed by atoms with Crippen molar-refractivity contribution < 1.29 is 9.59 Å². The van der Waals surface area contributed by atoms with E-state index in [4.69, 9.17) is 0 Å². The summed E-state index contributed by atoms with van der Waals surface area (Å²) in [6.07, 6.45) is 1.75. The molecule has 1 spiro atoms. The summed E-state index contributed by atoms with van der Waals surface area (Å²) in [5.41, 5.74) is 7.13. The molecule has 104 valence electrons. The number of hydrazine groups is 1. The van der Waals surface area contributed by atoms with E-state index in [1.807, 2.05) is 24.3 Å². The molecule has 2 saturated heterocycles. The lowest BCUT2D eigenvalue weighted by atomic mass is 9.74. The molecule has 20 heavy (non-hydrogen) atoms. The summed E-state index contributed by atoms with van der Waals surface area (Å²) in [4.78, 5) is 26.1. The highest BCUT2D eigenvalue weighted by atomic mass is 16.2. The van der Waals surface area contributed by atoms with Crippen LogP contribution in [-0.4, -0.2) is 36.0 Å². The van der Waals surface area contributed by atoms with Crippen LogP contribution in [0.15, 0.2) is 24.3 Å². The predicted molar refractivity (Wildman–Crippen MR) is 72.6 cm³/mol. The van der Waals surface area contributed by atoms with E-state index in [2.05, 4.69) is 21.1 Å². The quantitative estimate of drug-likeness (QED) is 0.618. The smallest absolute Gasteiger partial charge is 0.248 e. The standard InChI is InChI=1S/C14H16N4O2/c19-12-7-18-8-14(6-5-11(18)16-17-12)9-3-1-2-4-10(9)15-13(14)20/h1-4,11,16H,5-8H2,(H,15,20)(H,17,19). The molecule has 2 atom stereocenters. The minimum Gasteiger partial charge on any atom is -0.325 e. The first kappa shape index (κ1) is 11.9. The maximum Gasteiger partial charge on any atom is 0.248 e. The van der Waals surface area contributed by atoms with Gasteiger partial charge in [0.1, 0.15) is 0 Å². The molecule has 4 rings (SSSR count). The van der Waals surface area contributed by atoms with Crippen LogP contribution < -0.4 is 16.2 Å². The zero-order chi connectivity index (χ0) is 13.7. The Kier molecular flexibility index (Phi) is 2.40. The van der Waals surface area contributed by atoms with Gasteiger partial charge in [0.05, 0.1) is 18.1 Å². The second kappa shape index (κ2) is 4.04. The molecule has 6 nitrogen and oxygen atoms in total. The molecule has 2 fully saturated rings. The summed E-state index contributed by atoms with van der Waals surface area (Å²) in [6.45, 7) is 0.926. The summed E-state index contributed by atoms with van der Waals surface area (Å²) in [7, 11) is 0. The summed E-state index contributed by atoms with van der Waals surface area (Å²) in [5.74, 6) is 0.00752. The molecule has 0 saturated carbocycles. The molecule has 3 aliphatic rings. The van der Waals surface area contributed by atoms with E-state index >= 15 is 0 Å². The van der Waals surface area contributed by atoms with Gasteiger partial charge in [-0.25, -0.2) is 5.43 Å². The average molecular weight is 272 g/mol. The van der Waals surface area contributed by atoms with Gasteiger partial charge in [0.2, 0.25) is 11.8 Å². The number of nitrogens with one attached hydrogen (secondary N) is 3. The van der Waals surface area contributed by atoms with Gasteiger partial charge in [0.15, 0.2) is 0 Å². The third kappa shape index (κ3) is 1.52. The van der Waals surface area contributed by atoms with Crippen LogP contribution in [0, 0.1) is 0 Å². The minimum absolute atomic E-state index is 0.0509. The highest BCUT2D eigenvalue weighted by Gasteiger charge is 2.51. The normalized spacial score (nSPS) is 32.5. The number of rotatable bonds is 0. The predicted octanol–water partition coefficient (Wildman–Crippen LogP) is -0.0672. The summed E-state index contributed by atoms with van der Waals surface area (Å²) in [6, 6.07) is 7.86. The third-order valence-electron chi connectivity index (χ3n) is 4.61. The van der Waals surface area contributed by atoms with E-state index in [-0.39, 0.29) is 18.0 Å². The maximum atomic E-state index is 12.5. The molecule has 3 heterocycles. The summed E-state index contributed by atoms with van der Waals surface area (Å²) in [5, 5.41) is 2.98. The molecule has 1 aromatic rings. The molecule has 0 bridgehead atoms. The lowest BCUT2D eigenvalue weighted by molar-refractivity contribution is -0.134. The van der Waals surface area contributed by atoms with Gasteiger partial charge >= 0.3 is 0 Å². The first-order valence-corrected chi connectivity index (χ1v) is 6.88. The first-order chi connectivity index (χ1) is 9.69. The number of benzene rings is 1. The Labute approximate surface area is 116 Å². The number of amides is 2. The maximum absolute atomic E-state index is 12.5. The van der Waals surface area contributed by atoms with Gasteiger partial charge in [-0.05, 0) is 24.5 Å². The number of piperidine rings is 1. The van der Waals surface area contributed by atoms with Gasteiger partial charge < -0.3 is 5.32 Å². The highest BCUT2D eigenvalue weighted by Crippen LogP contribution is 2.44. The first-order valence-electron chi connectivity index (χ1n) is 6.88. The third-order valence-corrected chi connectivity index (χ3v) is 4.61. The van der Waals surface area contributed by atoms with Crippen molar-refractivity contribution in [3.05, 3.63) is 29.8 Å². The van der Waals surface area contributed by atoms with Crippen molar-refractivity contribution in [1.29, 1.82) is 0 Å². The minimum atomic E-state index is -0.508. The summed E-state index contributed by atoms with van der Waals surface area (Å²) >= 11 is 0. The van der Waals surface area contributed by atoms with E-state index in [1.54, 1.807) is 0 Å². The molecule has 0 aromatic heterocycles. The van der Waals surface area contributed by atoms with E-state index in [9.17, 15) is 9.59 Å². The van der Waals surface area contributed by atoms with Gasteiger partial charge in [-0.3, -0.25) is 19.9 Å². The Morgan fingerprint density at radius 1 is 1.25 bits per heavy atom. The fourth-order valence-electron chi connectivity index (χ4n) is 3.60. The molecule has 3 aliphatic heterocycles. The lowest BCUT2D eigenvalue weighted by Crippen LogP contribution is -2.67. The monoisotopic (exact) mass is 272 g/mol. The molecule has 0 radical (unpaired) electrons. The number of para-hydroxylation sites is 1. The second-order valence-electron chi connectivity index (χ2n) is 5.73. The molecule has 2 amide bonds. The van der Waals surface area contributed by atoms with Crippen molar-refractivity contribution in [2.75, 3.05) is 18.4 Å². The Morgan fingerprint density at radius 2 is 2.10 bits per heavy atom. The van der Waals surface area contributed by atoms with Gasteiger partial charge in [0.25, 0.3) is 0 Å². The van der Waals surface area contributed by atoms with Crippen molar-refractivity contribution >= 4 is 17.5 Å². The van der Waals surface area contributed by atoms with Crippen molar-refractivity contribution in [2.45, 2.75) is 24.4 Å². The lowest BCUT2D eigenvalue weighted by Gasteiger charge is -2.46. The van der Waals surface area contributed by atoms with E-state index in [0.717, 1.165) is 24.1 Å². The Hall–Kier alpha value is -1.92. The van der Waals surface area contributed by atoms with Gasteiger partial charge in [0, 0.05) is 12.2 Å². The van der Waals surface area contributed by atoms with E-state index in [1.165, 1.54) is 0 Å². The average Bonchev–Trinajstić information content (AvgIpc) is 2.72.